The first kappa shape index (κ1) is 26.8. The topological polar surface area (TPSA) is 87.9 Å². The van der Waals surface area contributed by atoms with E-state index in [4.69, 9.17) is 10.5 Å². The molecule has 2 aliphatic heterocycles. The number of nitrogens with one attached hydrogen (secondary N) is 1. The molecule has 2 fully saturated rings. The first-order valence-electron chi connectivity index (χ1n) is 13.6. The van der Waals surface area contributed by atoms with Crippen molar-refractivity contribution in [3.63, 3.8) is 0 Å². The molecule has 2 heterocycles. The van der Waals surface area contributed by atoms with Crippen LogP contribution in [0, 0.1) is 12.7 Å². The Bertz CT molecular complexity index is 1330. The first-order chi connectivity index (χ1) is 18.9. The monoisotopic (exact) mass is 530 g/mol. The number of carbonyl (C=O) groups is 2. The number of hydrogen-bond donors (Lipinski definition) is 2. The Morgan fingerprint density at radius 2 is 1.64 bits per heavy atom. The van der Waals surface area contributed by atoms with Gasteiger partial charge in [0.05, 0.1) is 0 Å². The molecule has 0 radical (unpaired) electrons. The van der Waals surface area contributed by atoms with Crippen LogP contribution in [-0.2, 0) is 6.42 Å². The number of hydrogen-bond acceptors (Lipinski definition) is 5. The third-order valence-electron chi connectivity index (χ3n) is 7.36. The van der Waals surface area contributed by atoms with Crippen LogP contribution < -0.4 is 15.8 Å². The van der Waals surface area contributed by atoms with Crippen molar-refractivity contribution in [1.82, 2.24) is 15.1 Å². The second-order valence-corrected chi connectivity index (χ2v) is 10.3. The second-order valence-electron chi connectivity index (χ2n) is 10.3. The van der Waals surface area contributed by atoms with Crippen molar-refractivity contribution in [2.24, 2.45) is 5.73 Å². The largest absolute Gasteiger partial charge is 0.488 e. The smallest absolute Gasteiger partial charge is 0.254 e. The molecule has 204 valence electrons. The van der Waals surface area contributed by atoms with Gasteiger partial charge in [0.2, 0.25) is 0 Å². The van der Waals surface area contributed by atoms with Crippen LogP contribution in [0.5, 0.6) is 5.75 Å². The minimum absolute atomic E-state index is 0.0226. The van der Waals surface area contributed by atoms with Crippen LogP contribution >= 0.6 is 0 Å². The molecule has 7 nitrogen and oxygen atoms in total. The molecule has 0 spiro atoms. The first-order valence-corrected chi connectivity index (χ1v) is 13.6. The second kappa shape index (κ2) is 12.0. The van der Waals surface area contributed by atoms with Gasteiger partial charge in [-0.25, -0.2) is 4.39 Å². The highest BCUT2D eigenvalue weighted by Crippen LogP contribution is 2.33. The van der Waals surface area contributed by atoms with E-state index >= 15 is 0 Å². The van der Waals surface area contributed by atoms with E-state index in [1.165, 1.54) is 12.1 Å². The molecule has 2 aliphatic rings. The zero-order valence-corrected chi connectivity index (χ0v) is 22.3. The summed E-state index contributed by atoms with van der Waals surface area (Å²) in [6.45, 7) is 6.01. The standard InChI is InChI=1S/C31H35FN4O3/c1-21-16-22(8-10-33)18-25(17-21)31(38)36-14-12-35(13-15-36)30(37)24-4-7-29(39-27-9-11-34-20-27)28(19-24)23-2-5-26(32)6-3-23/h2-7,16-19,27,34H,8-15,20,33H2,1H3/t27-/m0/s1. The van der Waals surface area contributed by atoms with E-state index in [0.717, 1.165) is 48.2 Å². The SMILES string of the molecule is Cc1cc(CCN)cc(C(=O)N2CCN(C(=O)c3ccc(O[C@H]4CCNC4)c(-c4ccc(F)cc4)c3)CC2)c1. The van der Waals surface area contributed by atoms with Gasteiger partial charge >= 0.3 is 0 Å². The predicted octanol–water partition coefficient (Wildman–Crippen LogP) is 3.64. The molecule has 3 N–H and O–H groups in total. The quantitative estimate of drug-likeness (QED) is 0.487. The molecule has 0 saturated carbocycles. The number of nitrogens with zero attached hydrogens (tertiary/aromatic N) is 2. The minimum Gasteiger partial charge on any atom is -0.488 e. The summed E-state index contributed by atoms with van der Waals surface area (Å²) in [7, 11) is 0. The van der Waals surface area contributed by atoms with E-state index < -0.39 is 0 Å². The lowest BCUT2D eigenvalue weighted by Crippen LogP contribution is -2.50. The lowest BCUT2D eigenvalue weighted by atomic mass is 10.0. The minimum atomic E-state index is -0.317. The number of rotatable bonds is 7. The third-order valence-corrected chi connectivity index (χ3v) is 7.36. The molecule has 0 aromatic heterocycles. The summed E-state index contributed by atoms with van der Waals surface area (Å²) in [5, 5.41) is 3.30. The van der Waals surface area contributed by atoms with Gasteiger partial charge in [-0.2, -0.15) is 0 Å². The van der Waals surface area contributed by atoms with Crippen LogP contribution in [0.15, 0.2) is 60.7 Å². The summed E-state index contributed by atoms with van der Waals surface area (Å²) in [6.07, 6.45) is 1.69. The summed E-state index contributed by atoms with van der Waals surface area (Å²) in [6, 6.07) is 17.6. The maximum absolute atomic E-state index is 13.6. The Morgan fingerprint density at radius 1 is 0.949 bits per heavy atom. The molecule has 3 aromatic rings. The number of ether oxygens (including phenoxy) is 1. The summed E-state index contributed by atoms with van der Waals surface area (Å²) in [5.74, 6) is 0.238. The maximum atomic E-state index is 13.6. The summed E-state index contributed by atoms with van der Waals surface area (Å²) >= 11 is 0. The molecule has 3 aromatic carbocycles. The van der Waals surface area contributed by atoms with Gasteiger partial charge in [0, 0.05) is 49.4 Å². The summed E-state index contributed by atoms with van der Waals surface area (Å²) in [4.78, 5) is 30.3. The highest BCUT2D eigenvalue weighted by atomic mass is 19.1. The van der Waals surface area contributed by atoms with Gasteiger partial charge in [-0.3, -0.25) is 9.59 Å². The Labute approximate surface area is 228 Å². The number of benzene rings is 3. The summed E-state index contributed by atoms with van der Waals surface area (Å²) in [5.41, 5.74) is 10.5. The van der Waals surface area contributed by atoms with Crippen molar-refractivity contribution in [3.05, 3.63) is 88.7 Å². The van der Waals surface area contributed by atoms with E-state index in [2.05, 4.69) is 11.4 Å². The average molecular weight is 531 g/mol. The lowest BCUT2D eigenvalue weighted by molar-refractivity contribution is 0.0535. The van der Waals surface area contributed by atoms with E-state index in [1.54, 1.807) is 28.0 Å². The maximum Gasteiger partial charge on any atom is 0.254 e. The lowest BCUT2D eigenvalue weighted by Gasteiger charge is -2.35. The van der Waals surface area contributed by atoms with Crippen LogP contribution in [-0.4, -0.2) is 73.5 Å². The third kappa shape index (κ3) is 6.29. The van der Waals surface area contributed by atoms with Crippen molar-refractivity contribution in [1.29, 1.82) is 0 Å². The Hall–Kier alpha value is -3.75. The van der Waals surface area contributed by atoms with Crippen molar-refractivity contribution in [2.75, 3.05) is 45.8 Å². The zero-order chi connectivity index (χ0) is 27.4. The van der Waals surface area contributed by atoms with Gasteiger partial charge in [0.15, 0.2) is 0 Å². The van der Waals surface area contributed by atoms with Gasteiger partial charge < -0.3 is 25.6 Å². The molecule has 0 unspecified atom stereocenters. The fourth-order valence-electron chi connectivity index (χ4n) is 5.30. The zero-order valence-electron chi connectivity index (χ0n) is 22.3. The highest BCUT2D eigenvalue weighted by Gasteiger charge is 2.27. The Kier molecular flexibility index (Phi) is 8.24. The van der Waals surface area contributed by atoms with Crippen LogP contribution in [0.1, 0.15) is 38.3 Å². The van der Waals surface area contributed by atoms with E-state index in [0.29, 0.717) is 49.6 Å². The normalized spacial score (nSPS) is 17.4. The molecule has 2 saturated heterocycles. The molecule has 0 aliphatic carbocycles. The van der Waals surface area contributed by atoms with Crippen molar-refractivity contribution < 1.29 is 18.7 Å². The van der Waals surface area contributed by atoms with E-state index in [1.807, 2.05) is 31.2 Å². The van der Waals surface area contributed by atoms with Gasteiger partial charge in [0.25, 0.3) is 11.8 Å². The average Bonchev–Trinajstić information content (AvgIpc) is 3.46. The van der Waals surface area contributed by atoms with Crippen LogP contribution in [0.4, 0.5) is 4.39 Å². The van der Waals surface area contributed by atoms with Crippen molar-refractivity contribution >= 4 is 11.8 Å². The van der Waals surface area contributed by atoms with Gasteiger partial charge in [-0.05, 0) is 86.4 Å². The number of amides is 2. The van der Waals surface area contributed by atoms with Crippen LogP contribution in [0.3, 0.4) is 0 Å². The Morgan fingerprint density at radius 3 is 2.28 bits per heavy atom. The summed E-state index contributed by atoms with van der Waals surface area (Å²) < 4.78 is 19.9. The van der Waals surface area contributed by atoms with E-state index in [-0.39, 0.29) is 23.7 Å². The van der Waals surface area contributed by atoms with Gasteiger partial charge in [0.1, 0.15) is 17.7 Å². The number of piperazine rings is 1. The molecule has 5 rings (SSSR count). The Balaban J connectivity index is 1.30. The number of halogens is 1. The van der Waals surface area contributed by atoms with Gasteiger partial charge in [-0.1, -0.05) is 23.8 Å². The number of aryl methyl sites for hydroxylation is 1. The molecule has 0 bridgehead atoms. The molecular weight excluding hydrogens is 495 g/mol. The molecule has 39 heavy (non-hydrogen) atoms. The van der Waals surface area contributed by atoms with E-state index in [9.17, 15) is 14.0 Å². The van der Waals surface area contributed by atoms with Crippen LogP contribution in [0.25, 0.3) is 11.1 Å². The molecule has 2 amide bonds. The fraction of sp³-hybridized carbons (Fsp3) is 0.355. The molecular formula is C31H35FN4O3. The van der Waals surface area contributed by atoms with Gasteiger partial charge in [-0.15, -0.1) is 0 Å². The van der Waals surface area contributed by atoms with Crippen molar-refractivity contribution in [2.45, 2.75) is 25.9 Å². The molecule has 8 heteroatoms. The highest BCUT2D eigenvalue weighted by molar-refractivity contribution is 5.97. The predicted molar refractivity (Wildman–Crippen MR) is 149 cm³/mol. The van der Waals surface area contributed by atoms with Crippen LogP contribution in [0.2, 0.25) is 0 Å². The van der Waals surface area contributed by atoms with Crippen molar-refractivity contribution in [3.8, 4) is 16.9 Å². The fourth-order valence-corrected chi connectivity index (χ4v) is 5.30. The number of carbonyl (C=O) groups excluding carboxylic acids is 2. The number of nitrogens with two attached hydrogens (primary N) is 1. The molecule has 1 atom stereocenters.